The molecule has 0 atom stereocenters. The van der Waals surface area contributed by atoms with Gasteiger partial charge in [-0.15, -0.1) is 0 Å². The zero-order valence-electron chi connectivity index (χ0n) is 13.2. The number of carbonyl (C=O) groups excluding carboxylic acids is 1. The molecule has 1 heterocycles. The molecule has 0 unspecified atom stereocenters. The highest BCUT2D eigenvalue weighted by atomic mass is 19.4. The number of carbonyl (C=O) groups is 1. The summed E-state index contributed by atoms with van der Waals surface area (Å²) >= 11 is 0. The maximum Gasteiger partial charge on any atom is 0.416 e. The number of benzene rings is 2. The minimum atomic E-state index is -4.39. The zero-order chi connectivity index (χ0) is 17.9. The Morgan fingerprint density at radius 3 is 2.48 bits per heavy atom. The number of hydrogen-bond donors (Lipinski definition) is 3. The van der Waals surface area contributed by atoms with Crippen LogP contribution in [-0.4, -0.2) is 17.6 Å². The topological polar surface area (TPSA) is 56.9 Å². The molecule has 0 bridgehead atoms. The first kappa shape index (κ1) is 16.9. The summed E-state index contributed by atoms with van der Waals surface area (Å²) in [5, 5.41) is 6.31. The molecule has 3 rings (SSSR count). The van der Waals surface area contributed by atoms with E-state index >= 15 is 0 Å². The van der Waals surface area contributed by atoms with Crippen molar-refractivity contribution in [3.63, 3.8) is 0 Å². The summed E-state index contributed by atoms with van der Waals surface area (Å²) in [5.41, 5.74) is 1.67. The van der Waals surface area contributed by atoms with Crippen molar-refractivity contribution in [1.82, 2.24) is 10.3 Å². The number of fused-ring (bicyclic) bond motifs is 1. The molecule has 0 saturated carbocycles. The second-order valence-electron chi connectivity index (χ2n) is 5.57. The lowest BCUT2D eigenvalue weighted by Gasteiger charge is -2.09. The molecule has 1 aromatic heterocycles. The predicted molar refractivity (Wildman–Crippen MR) is 90.5 cm³/mol. The summed E-state index contributed by atoms with van der Waals surface area (Å²) in [4.78, 5) is 15.0. The molecule has 25 heavy (non-hydrogen) atoms. The van der Waals surface area contributed by atoms with E-state index in [1.54, 1.807) is 0 Å². The Labute approximate surface area is 142 Å². The van der Waals surface area contributed by atoms with Crippen LogP contribution in [0.4, 0.5) is 23.7 Å². The fourth-order valence-corrected chi connectivity index (χ4v) is 2.57. The van der Waals surface area contributed by atoms with Gasteiger partial charge in [0.15, 0.2) is 0 Å². The second kappa shape index (κ2) is 6.88. The van der Waals surface area contributed by atoms with Crippen LogP contribution in [-0.2, 0) is 12.6 Å². The molecule has 2 amide bonds. The molecule has 0 aliphatic heterocycles. The highest BCUT2D eigenvalue weighted by Gasteiger charge is 2.29. The molecule has 3 aromatic rings. The van der Waals surface area contributed by atoms with Crippen LogP contribution in [0.5, 0.6) is 0 Å². The minimum Gasteiger partial charge on any atom is -0.361 e. The van der Waals surface area contributed by atoms with Gasteiger partial charge in [-0.1, -0.05) is 18.2 Å². The molecule has 7 heteroatoms. The molecule has 4 nitrogen and oxygen atoms in total. The van der Waals surface area contributed by atoms with Crippen molar-refractivity contribution >= 4 is 22.6 Å². The number of anilines is 1. The van der Waals surface area contributed by atoms with Crippen molar-refractivity contribution < 1.29 is 18.0 Å². The van der Waals surface area contributed by atoms with Gasteiger partial charge in [0, 0.05) is 29.3 Å². The number of para-hydroxylation sites is 1. The van der Waals surface area contributed by atoms with Crippen molar-refractivity contribution in [3.05, 3.63) is 65.9 Å². The normalized spacial score (nSPS) is 11.5. The van der Waals surface area contributed by atoms with Gasteiger partial charge in [-0.25, -0.2) is 4.79 Å². The summed E-state index contributed by atoms with van der Waals surface area (Å²) in [7, 11) is 0. The van der Waals surface area contributed by atoms with Crippen molar-refractivity contribution in [1.29, 1.82) is 0 Å². The van der Waals surface area contributed by atoms with Gasteiger partial charge >= 0.3 is 12.2 Å². The number of alkyl halides is 3. The summed E-state index contributed by atoms with van der Waals surface area (Å²) in [6.07, 6.45) is -1.84. The molecule has 0 fully saturated rings. The maximum absolute atomic E-state index is 12.5. The third-order valence-electron chi connectivity index (χ3n) is 3.82. The molecule has 3 N–H and O–H groups in total. The van der Waals surface area contributed by atoms with Gasteiger partial charge in [-0.2, -0.15) is 13.2 Å². The standard InChI is InChI=1S/C18H16F3N3O/c19-18(20,21)13-5-7-14(8-6-13)24-17(25)22-10-9-12-11-23-16-4-2-1-3-15(12)16/h1-8,11,23H,9-10H2,(H2,22,24,25). The monoisotopic (exact) mass is 347 g/mol. The van der Waals surface area contributed by atoms with Gasteiger partial charge in [0.05, 0.1) is 5.56 Å². The minimum absolute atomic E-state index is 0.303. The highest BCUT2D eigenvalue weighted by Crippen LogP contribution is 2.29. The van der Waals surface area contributed by atoms with Crippen molar-refractivity contribution in [3.8, 4) is 0 Å². The van der Waals surface area contributed by atoms with E-state index in [1.807, 2.05) is 30.5 Å². The molecular formula is C18H16F3N3O. The fourth-order valence-electron chi connectivity index (χ4n) is 2.57. The second-order valence-corrected chi connectivity index (χ2v) is 5.57. The van der Waals surface area contributed by atoms with E-state index in [2.05, 4.69) is 15.6 Å². The number of halogens is 3. The number of rotatable bonds is 4. The zero-order valence-corrected chi connectivity index (χ0v) is 13.2. The van der Waals surface area contributed by atoms with E-state index in [0.717, 1.165) is 28.6 Å². The number of hydrogen-bond acceptors (Lipinski definition) is 1. The van der Waals surface area contributed by atoms with Crippen LogP contribution in [0.2, 0.25) is 0 Å². The van der Waals surface area contributed by atoms with Gasteiger partial charge in [0.25, 0.3) is 0 Å². The maximum atomic E-state index is 12.5. The van der Waals surface area contributed by atoms with Crippen molar-refractivity contribution in [2.75, 3.05) is 11.9 Å². The lowest BCUT2D eigenvalue weighted by atomic mass is 10.1. The smallest absolute Gasteiger partial charge is 0.361 e. The van der Waals surface area contributed by atoms with E-state index < -0.39 is 17.8 Å². The quantitative estimate of drug-likeness (QED) is 0.637. The number of nitrogens with one attached hydrogen (secondary N) is 3. The number of urea groups is 1. The Kier molecular flexibility index (Phi) is 4.65. The van der Waals surface area contributed by atoms with Gasteiger partial charge in [0.1, 0.15) is 0 Å². The van der Waals surface area contributed by atoms with E-state index in [1.165, 1.54) is 12.1 Å². The number of aromatic amines is 1. The summed E-state index contributed by atoms with van der Waals surface area (Å²) < 4.78 is 37.5. The molecule has 0 aliphatic carbocycles. The van der Waals surface area contributed by atoms with Crippen LogP contribution < -0.4 is 10.6 Å². The van der Waals surface area contributed by atoms with Gasteiger partial charge in [-0.3, -0.25) is 0 Å². The Balaban J connectivity index is 1.51. The Morgan fingerprint density at radius 2 is 1.76 bits per heavy atom. The average molecular weight is 347 g/mol. The Hall–Kier alpha value is -2.96. The first-order chi connectivity index (χ1) is 11.9. The number of amides is 2. The van der Waals surface area contributed by atoms with E-state index in [-0.39, 0.29) is 0 Å². The van der Waals surface area contributed by atoms with Gasteiger partial charge in [0.2, 0.25) is 0 Å². The summed E-state index contributed by atoms with van der Waals surface area (Å²) in [6, 6.07) is 11.7. The first-order valence-corrected chi connectivity index (χ1v) is 7.70. The average Bonchev–Trinajstić information content (AvgIpc) is 2.98. The Bertz CT molecular complexity index is 869. The molecule has 0 aliphatic rings. The molecule has 2 aromatic carbocycles. The van der Waals surface area contributed by atoms with Crippen molar-refractivity contribution in [2.45, 2.75) is 12.6 Å². The van der Waals surface area contributed by atoms with Crippen LogP contribution in [0.15, 0.2) is 54.7 Å². The van der Waals surface area contributed by atoms with Crippen molar-refractivity contribution in [2.24, 2.45) is 0 Å². The van der Waals surface area contributed by atoms with E-state index in [9.17, 15) is 18.0 Å². The third-order valence-corrected chi connectivity index (χ3v) is 3.82. The molecular weight excluding hydrogens is 331 g/mol. The SMILES string of the molecule is O=C(NCCc1c[nH]c2ccccc12)Nc1ccc(C(F)(F)F)cc1. The number of aromatic nitrogens is 1. The lowest BCUT2D eigenvalue weighted by molar-refractivity contribution is -0.137. The summed E-state index contributed by atoms with van der Waals surface area (Å²) in [6.45, 7) is 0.411. The Morgan fingerprint density at radius 1 is 1.04 bits per heavy atom. The lowest BCUT2D eigenvalue weighted by Crippen LogP contribution is -2.30. The highest BCUT2D eigenvalue weighted by molar-refractivity contribution is 5.89. The summed E-state index contributed by atoms with van der Waals surface area (Å²) in [5.74, 6) is 0. The first-order valence-electron chi connectivity index (χ1n) is 7.70. The molecule has 0 spiro atoms. The van der Waals surface area contributed by atoms with E-state index in [0.29, 0.717) is 18.7 Å². The fraction of sp³-hybridized carbons (Fsp3) is 0.167. The van der Waals surface area contributed by atoms with Crippen LogP contribution in [0.1, 0.15) is 11.1 Å². The number of H-pyrrole nitrogens is 1. The predicted octanol–water partition coefficient (Wildman–Crippen LogP) is 4.55. The van der Waals surface area contributed by atoms with Gasteiger partial charge in [-0.05, 0) is 42.3 Å². The van der Waals surface area contributed by atoms with E-state index in [4.69, 9.17) is 0 Å². The van der Waals surface area contributed by atoms with Gasteiger partial charge < -0.3 is 15.6 Å². The van der Waals surface area contributed by atoms with Crippen LogP contribution >= 0.6 is 0 Å². The molecule has 130 valence electrons. The van der Waals surface area contributed by atoms with Crippen LogP contribution in [0.25, 0.3) is 10.9 Å². The molecule has 0 saturated heterocycles. The third kappa shape index (κ3) is 4.12. The largest absolute Gasteiger partial charge is 0.416 e. The van der Waals surface area contributed by atoms with Crippen LogP contribution in [0.3, 0.4) is 0 Å². The molecule has 0 radical (unpaired) electrons. The van der Waals surface area contributed by atoms with Crippen LogP contribution in [0, 0.1) is 0 Å².